The third-order valence-electron chi connectivity index (χ3n) is 1.11. The largest absolute Gasteiger partial charge is 0.481 e. The van der Waals surface area contributed by atoms with Crippen LogP contribution < -0.4 is 0 Å². The molecule has 0 aliphatic rings. The third-order valence-corrected chi connectivity index (χ3v) is 1.11. The van der Waals surface area contributed by atoms with Crippen LogP contribution >= 0.6 is 0 Å². The summed E-state index contributed by atoms with van der Waals surface area (Å²) < 4.78 is 0. The van der Waals surface area contributed by atoms with Crippen molar-refractivity contribution in [3.8, 4) is 6.07 Å². The van der Waals surface area contributed by atoms with Gasteiger partial charge in [-0.05, 0) is 6.42 Å². The van der Waals surface area contributed by atoms with E-state index in [1.54, 1.807) is 6.92 Å². The predicted molar refractivity (Wildman–Crippen MR) is 31.6 cm³/mol. The quantitative estimate of drug-likeness (QED) is 0.615. The van der Waals surface area contributed by atoms with Crippen LogP contribution in [-0.2, 0) is 4.79 Å². The maximum Gasteiger partial charge on any atom is 0.306 e. The molecule has 0 aromatic heterocycles. The van der Waals surface area contributed by atoms with Gasteiger partial charge in [0.2, 0.25) is 0 Å². The molecule has 3 nitrogen and oxygen atoms in total. The second kappa shape index (κ2) is 3.90. The number of hydrogen-bond donors (Lipinski definition) is 1. The van der Waals surface area contributed by atoms with E-state index in [1.807, 2.05) is 6.07 Å². The summed E-state index contributed by atoms with van der Waals surface area (Å²) >= 11 is 0. The van der Waals surface area contributed by atoms with Crippen molar-refractivity contribution >= 4 is 5.97 Å². The number of aliphatic carboxylic acids is 1. The SMILES string of the molecule is C[C@@H](CCC#N)C(=O)O. The molecule has 0 amide bonds. The van der Waals surface area contributed by atoms with E-state index in [4.69, 9.17) is 10.4 Å². The number of hydrogen-bond acceptors (Lipinski definition) is 2. The Morgan fingerprint density at radius 3 is 2.78 bits per heavy atom. The molecule has 0 aliphatic carbocycles. The summed E-state index contributed by atoms with van der Waals surface area (Å²) in [6.45, 7) is 1.60. The van der Waals surface area contributed by atoms with Crippen molar-refractivity contribution in [1.29, 1.82) is 5.26 Å². The lowest BCUT2D eigenvalue weighted by molar-refractivity contribution is -0.141. The van der Waals surface area contributed by atoms with Crippen molar-refractivity contribution in [3.63, 3.8) is 0 Å². The molecule has 0 unspecified atom stereocenters. The molecule has 0 aromatic rings. The first-order valence-corrected chi connectivity index (χ1v) is 2.78. The summed E-state index contributed by atoms with van der Waals surface area (Å²) in [6.07, 6.45) is 0.777. The summed E-state index contributed by atoms with van der Waals surface area (Å²) in [6, 6.07) is 1.89. The summed E-state index contributed by atoms with van der Waals surface area (Å²) in [5.74, 6) is -1.21. The van der Waals surface area contributed by atoms with Crippen molar-refractivity contribution in [3.05, 3.63) is 0 Å². The Bertz CT molecular complexity index is 136. The lowest BCUT2D eigenvalue weighted by Crippen LogP contribution is -2.08. The number of carbonyl (C=O) groups is 1. The molecular weight excluding hydrogens is 118 g/mol. The minimum Gasteiger partial charge on any atom is -0.481 e. The van der Waals surface area contributed by atoms with Gasteiger partial charge >= 0.3 is 5.97 Å². The van der Waals surface area contributed by atoms with E-state index in [0.29, 0.717) is 12.8 Å². The summed E-state index contributed by atoms with van der Waals surface area (Å²) in [5.41, 5.74) is 0. The number of rotatable bonds is 3. The zero-order valence-electron chi connectivity index (χ0n) is 5.29. The van der Waals surface area contributed by atoms with Gasteiger partial charge in [0.05, 0.1) is 12.0 Å². The predicted octanol–water partition coefficient (Wildman–Crippen LogP) is 1.01. The minimum absolute atomic E-state index is 0.327. The molecule has 0 aromatic carbocycles. The van der Waals surface area contributed by atoms with E-state index in [1.165, 1.54) is 0 Å². The van der Waals surface area contributed by atoms with Crippen LogP contribution in [0.4, 0.5) is 0 Å². The second-order valence-corrected chi connectivity index (χ2v) is 1.94. The standard InChI is InChI=1S/C6H9NO2/c1-5(6(8)9)3-2-4-7/h5H,2-3H2,1H3,(H,8,9)/t5-/m0/s1. The summed E-state index contributed by atoms with van der Waals surface area (Å²) in [7, 11) is 0. The minimum atomic E-state index is -0.828. The van der Waals surface area contributed by atoms with E-state index in [2.05, 4.69) is 0 Å². The first kappa shape index (κ1) is 7.96. The van der Waals surface area contributed by atoms with Gasteiger partial charge in [0, 0.05) is 6.42 Å². The van der Waals surface area contributed by atoms with Crippen LogP contribution in [-0.4, -0.2) is 11.1 Å². The highest BCUT2D eigenvalue weighted by atomic mass is 16.4. The first-order valence-electron chi connectivity index (χ1n) is 2.78. The Morgan fingerprint density at radius 1 is 1.89 bits per heavy atom. The molecule has 0 bridgehead atoms. The molecule has 9 heavy (non-hydrogen) atoms. The molecule has 0 rings (SSSR count). The van der Waals surface area contributed by atoms with E-state index < -0.39 is 5.97 Å². The van der Waals surface area contributed by atoms with Gasteiger partial charge in [-0.2, -0.15) is 5.26 Å². The van der Waals surface area contributed by atoms with E-state index >= 15 is 0 Å². The fourth-order valence-corrected chi connectivity index (χ4v) is 0.405. The Labute approximate surface area is 53.9 Å². The third kappa shape index (κ3) is 3.53. The van der Waals surface area contributed by atoms with E-state index in [-0.39, 0.29) is 5.92 Å². The van der Waals surface area contributed by atoms with Crippen LogP contribution in [0.3, 0.4) is 0 Å². The van der Waals surface area contributed by atoms with Crippen molar-refractivity contribution in [2.24, 2.45) is 5.92 Å². The molecule has 1 N–H and O–H groups in total. The molecule has 0 spiro atoms. The lowest BCUT2D eigenvalue weighted by Gasteiger charge is -1.99. The number of nitrogens with zero attached hydrogens (tertiary/aromatic N) is 1. The van der Waals surface area contributed by atoms with Gasteiger partial charge < -0.3 is 5.11 Å². The molecule has 0 aliphatic heterocycles. The molecular formula is C6H9NO2. The second-order valence-electron chi connectivity index (χ2n) is 1.94. The van der Waals surface area contributed by atoms with Crippen LogP contribution in [0, 0.1) is 17.2 Å². The average molecular weight is 127 g/mol. The van der Waals surface area contributed by atoms with Crippen molar-refractivity contribution in [1.82, 2.24) is 0 Å². The Balaban J connectivity index is 3.41. The Hall–Kier alpha value is -1.04. The smallest absolute Gasteiger partial charge is 0.306 e. The summed E-state index contributed by atoms with van der Waals surface area (Å²) in [4.78, 5) is 10.1. The van der Waals surface area contributed by atoms with Gasteiger partial charge in [0.25, 0.3) is 0 Å². The van der Waals surface area contributed by atoms with Gasteiger partial charge in [-0.3, -0.25) is 4.79 Å². The zero-order valence-corrected chi connectivity index (χ0v) is 5.29. The van der Waals surface area contributed by atoms with Crippen LogP contribution in [0.15, 0.2) is 0 Å². The van der Waals surface area contributed by atoms with Crippen molar-refractivity contribution < 1.29 is 9.90 Å². The van der Waals surface area contributed by atoms with Crippen LogP contribution in [0.2, 0.25) is 0 Å². The molecule has 50 valence electrons. The number of carboxylic acid groups (broad SMARTS) is 1. The average Bonchev–Trinajstić information content (AvgIpc) is 1.82. The van der Waals surface area contributed by atoms with Crippen molar-refractivity contribution in [2.75, 3.05) is 0 Å². The molecule has 0 radical (unpaired) electrons. The first-order chi connectivity index (χ1) is 4.18. The molecule has 3 heteroatoms. The zero-order chi connectivity index (χ0) is 7.28. The van der Waals surface area contributed by atoms with Crippen LogP contribution in [0.25, 0.3) is 0 Å². The fourth-order valence-electron chi connectivity index (χ4n) is 0.405. The van der Waals surface area contributed by atoms with Gasteiger partial charge in [0.15, 0.2) is 0 Å². The topological polar surface area (TPSA) is 61.1 Å². The monoisotopic (exact) mass is 127 g/mol. The molecule has 0 fully saturated rings. The summed E-state index contributed by atoms with van der Waals surface area (Å²) in [5, 5.41) is 16.4. The normalized spacial score (nSPS) is 12.0. The van der Waals surface area contributed by atoms with Crippen LogP contribution in [0.1, 0.15) is 19.8 Å². The van der Waals surface area contributed by atoms with Gasteiger partial charge in [-0.1, -0.05) is 6.92 Å². The Kier molecular flexibility index (Phi) is 3.45. The van der Waals surface area contributed by atoms with Crippen molar-refractivity contribution in [2.45, 2.75) is 19.8 Å². The van der Waals surface area contributed by atoms with Gasteiger partial charge in [0.1, 0.15) is 0 Å². The molecule has 0 saturated heterocycles. The molecule has 0 saturated carbocycles. The number of nitriles is 1. The van der Waals surface area contributed by atoms with Gasteiger partial charge in [-0.15, -0.1) is 0 Å². The highest BCUT2D eigenvalue weighted by molar-refractivity contribution is 5.69. The lowest BCUT2D eigenvalue weighted by atomic mass is 10.1. The maximum atomic E-state index is 10.1. The van der Waals surface area contributed by atoms with E-state index in [9.17, 15) is 4.79 Å². The maximum absolute atomic E-state index is 10.1. The fraction of sp³-hybridized carbons (Fsp3) is 0.667. The van der Waals surface area contributed by atoms with Crippen LogP contribution in [0.5, 0.6) is 0 Å². The highest BCUT2D eigenvalue weighted by Crippen LogP contribution is 2.03. The van der Waals surface area contributed by atoms with Gasteiger partial charge in [-0.25, -0.2) is 0 Å². The molecule has 0 heterocycles. The Morgan fingerprint density at radius 2 is 2.44 bits per heavy atom. The van der Waals surface area contributed by atoms with E-state index in [0.717, 1.165) is 0 Å². The highest BCUT2D eigenvalue weighted by Gasteiger charge is 2.08. The number of carboxylic acids is 1. The molecule has 1 atom stereocenters.